The SMILES string of the molecule is Cl.O=C(O)[C@@H]1C[C@H](NCc2ccc(-c3ccccc3)cc2)CN1. The van der Waals surface area contributed by atoms with Crippen LogP contribution in [0.25, 0.3) is 11.1 Å². The molecule has 1 heterocycles. The topological polar surface area (TPSA) is 61.4 Å². The highest BCUT2D eigenvalue weighted by Gasteiger charge is 2.28. The fourth-order valence-electron chi connectivity index (χ4n) is 2.79. The molecule has 5 heteroatoms. The van der Waals surface area contributed by atoms with E-state index in [1.165, 1.54) is 16.7 Å². The molecular formula is C18H21ClN2O2. The maximum atomic E-state index is 10.9. The predicted octanol–water partition coefficient (Wildman–Crippen LogP) is 2.68. The molecule has 2 aromatic carbocycles. The van der Waals surface area contributed by atoms with Crippen molar-refractivity contribution in [1.29, 1.82) is 0 Å². The third kappa shape index (κ3) is 4.55. The summed E-state index contributed by atoms with van der Waals surface area (Å²) in [5, 5.41) is 15.4. The van der Waals surface area contributed by atoms with Gasteiger partial charge in [-0.25, -0.2) is 0 Å². The lowest BCUT2D eigenvalue weighted by molar-refractivity contribution is -0.139. The van der Waals surface area contributed by atoms with Crippen LogP contribution in [0, 0.1) is 0 Å². The molecule has 1 fully saturated rings. The molecule has 1 aliphatic rings. The summed E-state index contributed by atoms with van der Waals surface area (Å²) in [6.07, 6.45) is 0.636. The van der Waals surface area contributed by atoms with Crippen LogP contribution in [0.5, 0.6) is 0 Å². The minimum atomic E-state index is -0.767. The Morgan fingerprint density at radius 2 is 1.74 bits per heavy atom. The molecule has 0 bridgehead atoms. The van der Waals surface area contributed by atoms with Gasteiger partial charge >= 0.3 is 5.97 Å². The maximum Gasteiger partial charge on any atom is 0.320 e. The van der Waals surface area contributed by atoms with Gasteiger partial charge in [-0.2, -0.15) is 0 Å². The van der Waals surface area contributed by atoms with Crippen LogP contribution in [0.15, 0.2) is 54.6 Å². The molecule has 0 unspecified atom stereocenters. The Labute approximate surface area is 142 Å². The zero-order chi connectivity index (χ0) is 15.4. The molecule has 2 atom stereocenters. The number of nitrogens with one attached hydrogen (secondary N) is 2. The number of carboxylic acids is 1. The number of hydrogen-bond donors (Lipinski definition) is 3. The molecule has 1 saturated heterocycles. The van der Waals surface area contributed by atoms with Gasteiger partial charge in [0, 0.05) is 19.1 Å². The summed E-state index contributed by atoms with van der Waals surface area (Å²) in [4.78, 5) is 10.9. The number of rotatable bonds is 5. The minimum Gasteiger partial charge on any atom is -0.480 e. The standard InChI is InChI=1S/C18H20N2O2.ClH/c21-18(22)17-10-16(12-20-17)19-11-13-6-8-15(9-7-13)14-4-2-1-3-5-14;/h1-9,16-17,19-20H,10-12H2,(H,21,22);1H/t16-,17-;/m0./s1. The summed E-state index contributed by atoms with van der Waals surface area (Å²) in [7, 11) is 0. The third-order valence-electron chi connectivity index (χ3n) is 4.08. The summed E-state index contributed by atoms with van der Waals surface area (Å²) >= 11 is 0. The quantitative estimate of drug-likeness (QED) is 0.788. The van der Waals surface area contributed by atoms with Crippen LogP contribution in [0.4, 0.5) is 0 Å². The van der Waals surface area contributed by atoms with Gasteiger partial charge in [0.2, 0.25) is 0 Å². The Morgan fingerprint density at radius 1 is 1.09 bits per heavy atom. The van der Waals surface area contributed by atoms with Gasteiger partial charge in [-0.15, -0.1) is 12.4 Å². The lowest BCUT2D eigenvalue weighted by atomic mass is 10.0. The van der Waals surface area contributed by atoms with Crippen molar-refractivity contribution in [1.82, 2.24) is 10.6 Å². The van der Waals surface area contributed by atoms with Gasteiger partial charge in [0.15, 0.2) is 0 Å². The van der Waals surface area contributed by atoms with E-state index in [4.69, 9.17) is 5.11 Å². The molecule has 3 rings (SSSR count). The molecule has 122 valence electrons. The lowest BCUT2D eigenvalue weighted by Crippen LogP contribution is -2.30. The molecule has 2 aromatic rings. The maximum absolute atomic E-state index is 10.9. The molecule has 0 amide bonds. The molecule has 0 spiro atoms. The van der Waals surface area contributed by atoms with Gasteiger partial charge < -0.3 is 15.7 Å². The number of benzene rings is 2. The second kappa shape index (κ2) is 8.11. The molecule has 0 radical (unpaired) electrons. The lowest BCUT2D eigenvalue weighted by Gasteiger charge is -2.12. The van der Waals surface area contributed by atoms with Gasteiger partial charge in [-0.05, 0) is 23.1 Å². The number of carboxylic acid groups (broad SMARTS) is 1. The summed E-state index contributed by atoms with van der Waals surface area (Å²) in [5.74, 6) is -0.767. The van der Waals surface area contributed by atoms with Crippen molar-refractivity contribution in [2.24, 2.45) is 0 Å². The third-order valence-corrected chi connectivity index (χ3v) is 4.08. The average Bonchev–Trinajstić information content (AvgIpc) is 3.04. The molecular weight excluding hydrogens is 312 g/mol. The number of carbonyl (C=O) groups is 1. The molecule has 0 aromatic heterocycles. The van der Waals surface area contributed by atoms with Gasteiger partial charge in [0.05, 0.1) is 0 Å². The van der Waals surface area contributed by atoms with E-state index in [0.717, 1.165) is 6.54 Å². The summed E-state index contributed by atoms with van der Waals surface area (Å²) in [6.45, 7) is 1.47. The summed E-state index contributed by atoms with van der Waals surface area (Å²) in [6, 6.07) is 18.6. The van der Waals surface area contributed by atoms with Gasteiger partial charge in [-0.3, -0.25) is 4.79 Å². The van der Waals surface area contributed by atoms with Gasteiger partial charge in [0.1, 0.15) is 6.04 Å². The van der Waals surface area contributed by atoms with Crippen LogP contribution in [-0.2, 0) is 11.3 Å². The Kier molecular flexibility index (Phi) is 6.16. The van der Waals surface area contributed by atoms with Gasteiger partial charge in [0.25, 0.3) is 0 Å². The van der Waals surface area contributed by atoms with Crippen LogP contribution < -0.4 is 10.6 Å². The normalized spacial score (nSPS) is 20.0. The van der Waals surface area contributed by atoms with E-state index in [-0.39, 0.29) is 18.4 Å². The minimum absolute atomic E-state index is 0. The first kappa shape index (κ1) is 17.5. The van der Waals surface area contributed by atoms with Crippen molar-refractivity contribution in [2.75, 3.05) is 6.54 Å². The van der Waals surface area contributed by atoms with E-state index in [1.807, 2.05) is 18.2 Å². The van der Waals surface area contributed by atoms with E-state index in [0.29, 0.717) is 13.0 Å². The second-order valence-corrected chi connectivity index (χ2v) is 5.68. The number of aliphatic carboxylic acids is 1. The Balaban J connectivity index is 0.00000192. The van der Waals surface area contributed by atoms with Crippen LogP contribution >= 0.6 is 12.4 Å². The Hall–Kier alpha value is -1.88. The molecule has 0 aliphatic carbocycles. The highest BCUT2D eigenvalue weighted by Crippen LogP contribution is 2.19. The van der Waals surface area contributed by atoms with Crippen molar-refractivity contribution in [3.8, 4) is 11.1 Å². The smallest absolute Gasteiger partial charge is 0.320 e. The van der Waals surface area contributed by atoms with Crippen molar-refractivity contribution in [2.45, 2.75) is 25.0 Å². The molecule has 23 heavy (non-hydrogen) atoms. The van der Waals surface area contributed by atoms with Crippen molar-refractivity contribution >= 4 is 18.4 Å². The van der Waals surface area contributed by atoms with Crippen molar-refractivity contribution in [3.63, 3.8) is 0 Å². The van der Waals surface area contributed by atoms with E-state index in [9.17, 15) is 4.79 Å². The van der Waals surface area contributed by atoms with E-state index < -0.39 is 12.0 Å². The Bertz CT molecular complexity index is 631. The van der Waals surface area contributed by atoms with Crippen LogP contribution in [0.3, 0.4) is 0 Å². The fourth-order valence-corrected chi connectivity index (χ4v) is 2.79. The van der Waals surface area contributed by atoms with E-state index in [2.05, 4.69) is 47.0 Å². The second-order valence-electron chi connectivity index (χ2n) is 5.68. The first-order chi connectivity index (χ1) is 10.7. The van der Waals surface area contributed by atoms with Crippen molar-refractivity contribution < 1.29 is 9.90 Å². The first-order valence-corrected chi connectivity index (χ1v) is 7.56. The summed E-state index contributed by atoms with van der Waals surface area (Å²) in [5.41, 5.74) is 3.63. The monoisotopic (exact) mass is 332 g/mol. The molecule has 1 aliphatic heterocycles. The number of hydrogen-bond acceptors (Lipinski definition) is 3. The van der Waals surface area contributed by atoms with Crippen LogP contribution in [0.1, 0.15) is 12.0 Å². The molecule has 3 N–H and O–H groups in total. The van der Waals surface area contributed by atoms with Crippen LogP contribution in [-0.4, -0.2) is 29.7 Å². The van der Waals surface area contributed by atoms with E-state index >= 15 is 0 Å². The highest BCUT2D eigenvalue weighted by molar-refractivity contribution is 5.85. The van der Waals surface area contributed by atoms with Crippen LogP contribution in [0.2, 0.25) is 0 Å². The molecule has 0 saturated carbocycles. The Morgan fingerprint density at radius 3 is 2.35 bits per heavy atom. The molecule has 4 nitrogen and oxygen atoms in total. The first-order valence-electron chi connectivity index (χ1n) is 7.56. The van der Waals surface area contributed by atoms with Crippen molar-refractivity contribution in [3.05, 3.63) is 60.2 Å². The number of halogens is 1. The zero-order valence-corrected chi connectivity index (χ0v) is 13.6. The fraction of sp³-hybridized carbons (Fsp3) is 0.278. The zero-order valence-electron chi connectivity index (χ0n) is 12.7. The average molecular weight is 333 g/mol. The highest BCUT2D eigenvalue weighted by atomic mass is 35.5. The predicted molar refractivity (Wildman–Crippen MR) is 93.8 cm³/mol. The summed E-state index contributed by atoms with van der Waals surface area (Å²) < 4.78 is 0. The largest absolute Gasteiger partial charge is 0.480 e. The van der Waals surface area contributed by atoms with E-state index in [1.54, 1.807) is 0 Å². The van der Waals surface area contributed by atoms with Gasteiger partial charge in [-0.1, -0.05) is 54.6 Å².